The Morgan fingerprint density at radius 3 is 1.27 bits per heavy atom. The minimum atomic E-state index is 0.370. The second-order valence-electron chi connectivity index (χ2n) is 6.32. The minimum Gasteiger partial charge on any atom is -0.396 e. The van der Waals surface area contributed by atoms with Crippen LogP contribution in [0.1, 0.15) is 103 Å². The van der Waals surface area contributed by atoms with Crippen LogP contribution in [-0.2, 0) is 0 Å². The van der Waals surface area contributed by atoms with Gasteiger partial charge in [-0.1, -0.05) is 106 Å². The van der Waals surface area contributed by atoms with E-state index >= 15 is 0 Å². The van der Waals surface area contributed by atoms with Crippen LogP contribution in [0.15, 0.2) is 0 Å². The molecule has 0 aromatic carbocycles. The van der Waals surface area contributed by atoms with Crippen molar-refractivity contribution in [3.05, 3.63) is 0 Å². The van der Waals surface area contributed by atoms with E-state index in [0.29, 0.717) is 6.61 Å². The van der Waals surface area contributed by atoms with Gasteiger partial charge in [-0.15, -0.1) is 0 Å². The van der Waals surface area contributed by atoms with Crippen LogP contribution in [0.4, 0.5) is 0 Å². The number of aliphatic hydroxyl groups is 1. The number of aliphatic hydroxyl groups excluding tert-OH is 1. The van der Waals surface area contributed by atoms with E-state index in [9.17, 15) is 0 Å². The zero-order chi connectivity index (χ0) is 16.1. The van der Waals surface area contributed by atoms with Crippen LogP contribution in [0.3, 0.4) is 0 Å². The summed E-state index contributed by atoms with van der Waals surface area (Å²) < 4.78 is 0. The second kappa shape index (κ2) is 21.7. The molecule has 1 nitrogen and oxygen atoms in total. The molecule has 0 heterocycles. The Hall–Kier alpha value is 0.660. The van der Waals surface area contributed by atoms with Gasteiger partial charge in [-0.25, -0.2) is 0 Å². The normalized spacial score (nSPS) is 11.2. The lowest BCUT2D eigenvalue weighted by atomic mass is 10.1. The standard InChI is InChI=1S/C19H40OS2/c1-2-3-4-5-12-15-18-21-22-19-16-13-10-8-6-7-9-11-14-17-20/h20H,2-19H2,1H3. The van der Waals surface area contributed by atoms with Crippen molar-refractivity contribution in [2.24, 2.45) is 0 Å². The van der Waals surface area contributed by atoms with Crippen LogP contribution in [0, 0.1) is 0 Å². The van der Waals surface area contributed by atoms with Crippen molar-refractivity contribution in [2.75, 3.05) is 18.1 Å². The van der Waals surface area contributed by atoms with Gasteiger partial charge in [-0.2, -0.15) is 0 Å². The molecule has 22 heavy (non-hydrogen) atoms. The highest BCUT2D eigenvalue weighted by Gasteiger charge is 1.95. The largest absolute Gasteiger partial charge is 0.396 e. The highest BCUT2D eigenvalue weighted by molar-refractivity contribution is 8.76. The summed E-state index contributed by atoms with van der Waals surface area (Å²) in [7, 11) is 4.18. The first-order chi connectivity index (χ1) is 10.9. The predicted octanol–water partition coefficient (Wildman–Crippen LogP) is 7.23. The van der Waals surface area contributed by atoms with E-state index in [1.165, 1.54) is 101 Å². The smallest absolute Gasteiger partial charge is 0.0431 e. The zero-order valence-electron chi connectivity index (χ0n) is 15.0. The van der Waals surface area contributed by atoms with Crippen molar-refractivity contribution in [3.63, 3.8) is 0 Å². The van der Waals surface area contributed by atoms with Gasteiger partial charge < -0.3 is 5.11 Å². The van der Waals surface area contributed by atoms with Gasteiger partial charge in [-0.05, 0) is 19.3 Å². The second-order valence-corrected chi connectivity index (χ2v) is 9.02. The molecule has 0 saturated heterocycles. The molecule has 0 aromatic heterocycles. The summed E-state index contributed by atoms with van der Waals surface area (Å²) in [6.07, 6.45) is 20.4. The Morgan fingerprint density at radius 1 is 0.500 bits per heavy atom. The van der Waals surface area contributed by atoms with Crippen molar-refractivity contribution in [1.29, 1.82) is 0 Å². The molecule has 0 atom stereocenters. The molecule has 0 radical (unpaired) electrons. The topological polar surface area (TPSA) is 20.2 Å². The van der Waals surface area contributed by atoms with Crippen molar-refractivity contribution >= 4 is 21.6 Å². The van der Waals surface area contributed by atoms with Gasteiger partial charge in [0.15, 0.2) is 0 Å². The lowest BCUT2D eigenvalue weighted by Crippen LogP contribution is -1.85. The van der Waals surface area contributed by atoms with Crippen molar-refractivity contribution < 1.29 is 5.11 Å². The average molecular weight is 349 g/mol. The molecule has 0 bridgehead atoms. The van der Waals surface area contributed by atoms with Crippen LogP contribution in [0.2, 0.25) is 0 Å². The molecule has 0 saturated carbocycles. The van der Waals surface area contributed by atoms with Crippen LogP contribution in [-0.4, -0.2) is 23.2 Å². The van der Waals surface area contributed by atoms with Gasteiger partial charge in [0.05, 0.1) is 0 Å². The highest BCUT2D eigenvalue weighted by atomic mass is 33.1. The third kappa shape index (κ3) is 20.7. The van der Waals surface area contributed by atoms with Gasteiger partial charge in [0.1, 0.15) is 0 Å². The number of hydrogen-bond acceptors (Lipinski definition) is 3. The fraction of sp³-hybridized carbons (Fsp3) is 1.00. The first kappa shape index (κ1) is 22.7. The maximum Gasteiger partial charge on any atom is 0.0431 e. The SMILES string of the molecule is CCCCCCCCSSCCCCCCCCCCCO. The molecule has 0 aliphatic carbocycles. The van der Waals surface area contributed by atoms with E-state index in [1.54, 1.807) is 0 Å². The molecule has 1 N–H and O–H groups in total. The average Bonchev–Trinajstić information content (AvgIpc) is 2.54. The molecular weight excluding hydrogens is 308 g/mol. The summed E-state index contributed by atoms with van der Waals surface area (Å²) in [4.78, 5) is 0. The van der Waals surface area contributed by atoms with Crippen LogP contribution >= 0.6 is 21.6 Å². The molecule has 0 unspecified atom stereocenters. The summed E-state index contributed by atoms with van der Waals surface area (Å²) in [5.74, 6) is 2.70. The van der Waals surface area contributed by atoms with Gasteiger partial charge in [0.25, 0.3) is 0 Å². The van der Waals surface area contributed by atoms with Gasteiger partial charge in [0, 0.05) is 18.1 Å². The molecule has 0 aliphatic rings. The molecule has 3 heteroatoms. The minimum absolute atomic E-state index is 0.370. The lowest BCUT2D eigenvalue weighted by Gasteiger charge is -2.03. The molecule has 134 valence electrons. The molecule has 0 aromatic rings. The van der Waals surface area contributed by atoms with E-state index in [-0.39, 0.29) is 0 Å². The third-order valence-corrected chi connectivity index (χ3v) is 6.63. The molecule has 0 amide bonds. The molecule has 0 fully saturated rings. The Bertz CT molecular complexity index is 168. The first-order valence-electron chi connectivity index (χ1n) is 9.77. The summed E-state index contributed by atoms with van der Waals surface area (Å²) in [6, 6.07) is 0. The molecule has 0 aliphatic heterocycles. The van der Waals surface area contributed by atoms with Crippen molar-refractivity contribution in [2.45, 2.75) is 103 Å². The Labute approximate surface area is 148 Å². The third-order valence-electron chi connectivity index (χ3n) is 4.05. The van der Waals surface area contributed by atoms with Gasteiger partial charge in [0.2, 0.25) is 0 Å². The van der Waals surface area contributed by atoms with E-state index in [4.69, 9.17) is 5.11 Å². The Balaban J connectivity index is 2.91. The number of hydrogen-bond donors (Lipinski definition) is 1. The Kier molecular flexibility index (Phi) is 22.3. The van der Waals surface area contributed by atoms with E-state index in [2.05, 4.69) is 28.5 Å². The number of rotatable bonds is 19. The summed E-state index contributed by atoms with van der Waals surface area (Å²) >= 11 is 0. The maximum atomic E-state index is 8.70. The first-order valence-corrected chi connectivity index (χ1v) is 12.3. The fourth-order valence-corrected chi connectivity index (χ4v) is 4.86. The molecule has 0 rings (SSSR count). The monoisotopic (exact) mass is 348 g/mol. The van der Waals surface area contributed by atoms with Crippen LogP contribution < -0.4 is 0 Å². The lowest BCUT2D eigenvalue weighted by molar-refractivity contribution is 0.282. The molecular formula is C19H40OS2. The summed E-state index contributed by atoms with van der Waals surface area (Å²) in [5.41, 5.74) is 0. The van der Waals surface area contributed by atoms with Crippen molar-refractivity contribution in [3.8, 4) is 0 Å². The van der Waals surface area contributed by atoms with Crippen LogP contribution in [0.5, 0.6) is 0 Å². The predicted molar refractivity (Wildman–Crippen MR) is 107 cm³/mol. The van der Waals surface area contributed by atoms with Crippen LogP contribution in [0.25, 0.3) is 0 Å². The fourth-order valence-electron chi connectivity index (χ4n) is 2.57. The van der Waals surface area contributed by atoms with Gasteiger partial charge in [-0.3, -0.25) is 0 Å². The van der Waals surface area contributed by atoms with Gasteiger partial charge >= 0.3 is 0 Å². The van der Waals surface area contributed by atoms with E-state index in [0.717, 1.165) is 6.42 Å². The quantitative estimate of drug-likeness (QED) is 0.196. The summed E-state index contributed by atoms with van der Waals surface area (Å²) in [5, 5.41) is 8.70. The number of unbranched alkanes of at least 4 members (excludes halogenated alkanes) is 13. The maximum absolute atomic E-state index is 8.70. The Morgan fingerprint density at radius 2 is 0.864 bits per heavy atom. The zero-order valence-corrected chi connectivity index (χ0v) is 16.6. The molecule has 0 spiro atoms. The summed E-state index contributed by atoms with van der Waals surface area (Å²) in [6.45, 7) is 2.65. The van der Waals surface area contributed by atoms with E-state index in [1.807, 2.05) is 0 Å². The van der Waals surface area contributed by atoms with E-state index < -0.39 is 0 Å². The highest BCUT2D eigenvalue weighted by Crippen LogP contribution is 2.24. The van der Waals surface area contributed by atoms with Crippen molar-refractivity contribution in [1.82, 2.24) is 0 Å².